The van der Waals surface area contributed by atoms with E-state index >= 15 is 0 Å². The van der Waals surface area contributed by atoms with Crippen molar-refractivity contribution >= 4 is 5.97 Å². The third-order valence-electron chi connectivity index (χ3n) is 4.37. The Labute approximate surface area is 114 Å². The summed E-state index contributed by atoms with van der Waals surface area (Å²) < 4.78 is 5.42. The summed E-state index contributed by atoms with van der Waals surface area (Å²) in [5, 5.41) is 3.45. The lowest BCUT2D eigenvalue weighted by molar-refractivity contribution is -0.147. The van der Waals surface area contributed by atoms with Crippen LogP contribution in [0.25, 0.3) is 0 Å². The number of hydrogen-bond donors (Lipinski definition) is 1. The second-order valence-electron chi connectivity index (χ2n) is 5.70. The Bertz CT molecular complexity index is 418. The van der Waals surface area contributed by atoms with Crippen LogP contribution in [0.3, 0.4) is 0 Å². The van der Waals surface area contributed by atoms with Gasteiger partial charge in [0.2, 0.25) is 0 Å². The molecule has 1 aromatic carbocycles. The average molecular weight is 259 g/mol. The van der Waals surface area contributed by atoms with Gasteiger partial charge in [0.05, 0.1) is 0 Å². The number of rotatable bonds is 3. The number of carbonyl (C=O) groups excluding carboxylic acids is 1. The lowest BCUT2D eigenvalue weighted by Gasteiger charge is -2.24. The molecule has 102 valence electrons. The number of carbonyl (C=O) groups is 1. The van der Waals surface area contributed by atoms with Crippen molar-refractivity contribution in [1.82, 2.24) is 5.32 Å². The lowest BCUT2D eigenvalue weighted by atomic mass is 9.85. The van der Waals surface area contributed by atoms with Crippen LogP contribution in [0, 0.1) is 5.92 Å². The number of nitrogens with one attached hydrogen (secondary N) is 1. The first-order valence-electron chi connectivity index (χ1n) is 7.29. The molecule has 19 heavy (non-hydrogen) atoms. The molecule has 0 spiro atoms. The van der Waals surface area contributed by atoms with Crippen molar-refractivity contribution in [1.29, 1.82) is 0 Å². The molecule has 1 aliphatic carbocycles. The van der Waals surface area contributed by atoms with Crippen molar-refractivity contribution in [3.63, 3.8) is 0 Å². The molecule has 0 amide bonds. The summed E-state index contributed by atoms with van der Waals surface area (Å²) in [6, 6.07) is 10.3. The maximum Gasteiger partial charge on any atom is 0.323 e. The first-order chi connectivity index (χ1) is 9.33. The van der Waals surface area contributed by atoms with E-state index in [9.17, 15) is 4.79 Å². The van der Waals surface area contributed by atoms with Crippen LogP contribution >= 0.6 is 0 Å². The lowest BCUT2D eigenvalue weighted by Crippen LogP contribution is -2.37. The van der Waals surface area contributed by atoms with E-state index in [2.05, 4.69) is 5.32 Å². The van der Waals surface area contributed by atoms with E-state index in [1.54, 1.807) is 0 Å². The van der Waals surface area contributed by atoms with Gasteiger partial charge in [0.1, 0.15) is 12.6 Å². The van der Waals surface area contributed by atoms with Crippen molar-refractivity contribution in [2.75, 3.05) is 0 Å². The molecular weight excluding hydrogens is 238 g/mol. The molecule has 1 N–H and O–H groups in total. The van der Waals surface area contributed by atoms with Gasteiger partial charge in [-0.2, -0.15) is 0 Å². The topological polar surface area (TPSA) is 38.3 Å². The van der Waals surface area contributed by atoms with Gasteiger partial charge < -0.3 is 10.1 Å². The van der Waals surface area contributed by atoms with Crippen molar-refractivity contribution in [2.45, 2.75) is 50.8 Å². The van der Waals surface area contributed by atoms with Gasteiger partial charge in [-0.1, -0.05) is 43.2 Å². The SMILES string of the molecule is O=C(OCc1ccccc1)[C@H]1C[C@H]2CCCC[C@H]2N1. The minimum absolute atomic E-state index is 0.0850. The summed E-state index contributed by atoms with van der Waals surface area (Å²) in [4.78, 5) is 12.1. The zero-order chi connectivity index (χ0) is 13.1. The van der Waals surface area contributed by atoms with Gasteiger partial charge >= 0.3 is 5.97 Å². The summed E-state index contributed by atoms with van der Waals surface area (Å²) in [6.45, 7) is 0.382. The van der Waals surface area contributed by atoms with Crippen LogP contribution in [0.5, 0.6) is 0 Å². The Morgan fingerprint density at radius 1 is 1.21 bits per heavy atom. The van der Waals surface area contributed by atoms with Crippen molar-refractivity contribution in [3.05, 3.63) is 35.9 Å². The van der Waals surface area contributed by atoms with E-state index < -0.39 is 0 Å². The van der Waals surface area contributed by atoms with Crippen LogP contribution < -0.4 is 5.32 Å². The van der Waals surface area contributed by atoms with E-state index in [0.29, 0.717) is 18.6 Å². The fourth-order valence-electron chi connectivity index (χ4n) is 3.33. The number of esters is 1. The molecule has 0 bridgehead atoms. The maximum atomic E-state index is 12.1. The normalized spacial score (nSPS) is 29.8. The molecule has 1 saturated heterocycles. The Balaban J connectivity index is 1.51. The third-order valence-corrected chi connectivity index (χ3v) is 4.37. The van der Waals surface area contributed by atoms with E-state index in [-0.39, 0.29) is 12.0 Å². The monoisotopic (exact) mass is 259 g/mol. The Kier molecular flexibility index (Phi) is 3.83. The smallest absolute Gasteiger partial charge is 0.323 e. The van der Waals surface area contributed by atoms with Crippen LogP contribution in [0.15, 0.2) is 30.3 Å². The van der Waals surface area contributed by atoms with Gasteiger partial charge in [-0.3, -0.25) is 4.79 Å². The Morgan fingerprint density at radius 2 is 2.00 bits per heavy atom. The van der Waals surface area contributed by atoms with Crippen LogP contribution in [0.1, 0.15) is 37.7 Å². The largest absolute Gasteiger partial charge is 0.460 e. The summed E-state index contributed by atoms with van der Waals surface area (Å²) >= 11 is 0. The number of hydrogen-bond acceptors (Lipinski definition) is 3. The highest BCUT2D eigenvalue weighted by molar-refractivity contribution is 5.76. The van der Waals surface area contributed by atoms with Crippen LogP contribution in [-0.4, -0.2) is 18.1 Å². The van der Waals surface area contributed by atoms with Gasteiger partial charge in [-0.15, -0.1) is 0 Å². The highest BCUT2D eigenvalue weighted by atomic mass is 16.5. The summed E-state index contributed by atoms with van der Waals surface area (Å²) in [5.74, 6) is 0.598. The molecule has 1 aliphatic heterocycles. The molecule has 0 unspecified atom stereocenters. The second kappa shape index (κ2) is 5.74. The fourth-order valence-corrected chi connectivity index (χ4v) is 3.33. The predicted molar refractivity (Wildman–Crippen MR) is 73.5 cm³/mol. The van der Waals surface area contributed by atoms with Gasteiger partial charge in [0.15, 0.2) is 0 Å². The number of fused-ring (bicyclic) bond motifs is 1. The summed E-state index contributed by atoms with van der Waals surface area (Å²) in [6.07, 6.45) is 6.04. The molecule has 0 radical (unpaired) electrons. The molecular formula is C16H21NO2. The van der Waals surface area contributed by atoms with Crippen molar-refractivity contribution < 1.29 is 9.53 Å². The molecule has 2 aliphatic rings. The fraction of sp³-hybridized carbons (Fsp3) is 0.562. The minimum Gasteiger partial charge on any atom is -0.460 e. The molecule has 0 aromatic heterocycles. The van der Waals surface area contributed by atoms with E-state index in [1.807, 2.05) is 30.3 Å². The van der Waals surface area contributed by atoms with E-state index in [4.69, 9.17) is 4.74 Å². The van der Waals surface area contributed by atoms with Crippen molar-refractivity contribution in [3.8, 4) is 0 Å². The minimum atomic E-state index is -0.0863. The van der Waals surface area contributed by atoms with Crippen molar-refractivity contribution in [2.24, 2.45) is 5.92 Å². The Hall–Kier alpha value is -1.35. The van der Waals surface area contributed by atoms with E-state index in [0.717, 1.165) is 12.0 Å². The van der Waals surface area contributed by atoms with Gasteiger partial charge in [-0.25, -0.2) is 0 Å². The molecule has 3 nitrogen and oxygen atoms in total. The van der Waals surface area contributed by atoms with Gasteiger partial charge in [-0.05, 0) is 30.7 Å². The second-order valence-corrected chi connectivity index (χ2v) is 5.70. The molecule has 3 atom stereocenters. The molecule has 3 rings (SSSR count). The van der Waals surface area contributed by atoms with Crippen LogP contribution in [-0.2, 0) is 16.1 Å². The molecule has 2 fully saturated rings. The number of benzene rings is 1. The standard InChI is InChI=1S/C16H21NO2/c18-16(19-11-12-6-2-1-3-7-12)15-10-13-8-4-5-9-14(13)17-15/h1-3,6-7,13-15,17H,4-5,8-11H2/t13-,14-,15-/m1/s1. The quantitative estimate of drug-likeness (QED) is 0.848. The Morgan fingerprint density at radius 3 is 2.79 bits per heavy atom. The predicted octanol–water partition coefficient (Wildman–Crippen LogP) is 2.65. The van der Waals surface area contributed by atoms with E-state index in [1.165, 1.54) is 25.7 Å². The summed E-state index contributed by atoms with van der Waals surface area (Å²) in [7, 11) is 0. The number of ether oxygens (including phenoxy) is 1. The molecule has 3 heteroatoms. The first kappa shape index (κ1) is 12.7. The molecule has 1 saturated carbocycles. The van der Waals surface area contributed by atoms with Gasteiger partial charge in [0.25, 0.3) is 0 Å². The van der Waals surface area contributed by atoms with Crippen LogP contribution in [0.4, 0.5) is 0 Å². The third kappa shape index (κ3) is 2.98. The highest BCUT2D eigenvalue weighted by Crippen LogP contribution is 2.33. The zero-order valence-electron chi connectivity index (χ0n) is 11.2. The molecule has 1 heterocycles. The van der Waals surface area contributed by atoms with Gasteiger partial charge in [0, 0.05) is 6.04 Å². The first-order valence-corrected chi connectivity index (χ1v) is 7.29. The summed E-state index contributed by atoms with van der Waals surface area (Å²) in [5.41, 5.74) is 1.05. The maximum absolute atomic E-state index is 12.1. The zero-order valence-corrected chi connectivity index (χ0v) is 11.2. The average Bonchev–Trinajstić information content (AvgIpc) is 2.90. The highest BCUT2D eigenvalue weighted by Gasteiger charge is 2.38. The molecule has 1 aromatic rings. The van der Waals surface area contributed by atoms with Crippen LogP contribution in [0.2, 0.25) is 0 Å².